The zero-order chi connectivity index (χ0) is 14.0. The molecule has 2 rings (SSSR count). The summed E-state index contributed by atoms with van der Waals surface area (Å²) in [6, 6.07) is 0. The van der Waals surface area contributed by atoms with E-state index in [1.807, 2.05) is 6.92 Å². The Morgan fingerprint density at radius 1 is 1.21 bits per heavy atom. The van der Waals surface area contributed by atoms with E-state index in [-0.39, 0.29) is 5.41 Å². The molecule has 1 saturated carbocycles. The summed E-state index contributed by atoms with van der Waals surface area (Å²) >= 11 is 6.19. The van der Waals surface area contributed by atoms with Gasteiger partial charge in [-0.15, -0.1) is 0 Å². The second-order valence-corrected chi connectivity index (χ2v) is 6.84. The Labute approximate surface area is 120 Å². The maximum atomic E-state index is 6.19. The van der Waals surface area contributed by atoms with Crippen molar-refractivity contribution in [3.63, 3.8) is 0 Å². The van der Waals surface area contributed by atoms with Gasteiger partial charge in [0.2, 0.25) is 5.88 Å². The molecule has 3 nitrogen and oxygen atoms in total. The molecular weight excluding hydrogens is 260 g/mol. The number of aromatic nitrogens is 2. The first-order valence-corrected chi connectivity index (χ1v) is 7.43. The van der Waals surface area contributed by atoms with Gasteiger partial charge in [0.15, 0.2) is 0 Å². The van der Waals surface area contributed by atoms with Crippen LogP contribution < -0.4 is 4.74 Å². The normalized spacial score (nSPS) is 16.9. The van der Waals surface area contributed by atoms with Gasteiger partial charge in [-0.3, -0.25) is 0 Å². The zero-order valence-corrected chi connectivity index (χ0v) is 13.0. The lowest BCUT2D eigenvalue weighted by molar-refractivity contribution is 0.240. The minimum absolute atomic E-state index is 0.122. The zero-order valence-electron chi connectivity index (χ0n) is 12.3. The average Bonchev–Trinajstić information content (AvgIpc) is 2.82. The van der Waals surface area contributed by atoms with Gasteiger partial charge in [0.25, 0.3) is 0 Å². The summed E-state index contributed by atoms with van der Waals surface area (Å²) in [5, 5.41) is 0.501. The van der Waals surface area contributed by atoms with Crippen LogP contribution in [0.4, 0.5) is 0 Å². The van der Waals surface area contributed by atoms with E-state index in [9.17, 15) is 0 Å². The molecule has 1 aliphatic rings. The Morgan fingerprint density at radius 3 is 2.42 bits per heavy atom. The molecule has 0 aliphatic heterocycles. The fourth-order valence-electron chi connectivity index (χ4n) is 2.32. The molecule has 1 fully saturated rings. The highest BCUT2D eigenvalue weighted by atomic mass is 35.5. The molecule has 4 heteroatoms. The van der Waals surface area contributed by atoms with Crippen molar-refractivity contribution in [3.8, 4) is 5.88 Å². The lowest BCUT2D eigenvalue weighted by Gasteiger charge is -2.19. The molecule has 0 atom stereocenters. The van der Waals surface area contributed by atoms with Gasteiger partial charge in [0.05, 0.1) is 6.61 Å². The standard InChI is InChI=1S/C15H23ClN2O/c1-10-12(16)17-14(15(2,3)4)18-13(10)19-9-11-7-5-6-8-11/h11H,5-9H2,1-4H3. The van der Waals surface area contributed by atoms with Crippen LogP contribution >= 0.6 is 11.6 Å². The van der Waals surface area contributed by atoms with Crippen LogP contribution in [0.3, 0.4) is 0 Å². The van der Waals surface area contributed by atoms with Crippen LogP contribution in [0, 0.1) is 12.8 Å². The van der Waals surface area contributed by atoms with Crippen molar-refractivity contribution in [2.45, 2.75) is 58.8 Å². The molecule has 0 bridgehead atoms. The number of ether oxygens (including phenoxy) is 1. The maximum Gasteiger partial charge on any atom is 0.221 e. The van der Waals surface area contributed by atoms with Crippen molar-refractivity contribution in [3.05, 3.63) is 16.5 Å². The first-order valence-electron chi connectivity index (χ1n) is 7.05. The topological polar surface area (TPSA) is 35.0 Å². The number of nitrogens with zero attached hydrogens (tertiary/aromatic N) is 2. The van der Waals surface area contributed by atoms with Gasteiger partial charge in [-0.05, 0) is 25.7 Å². The predicted molar refractivity (Wildman–Crippen MR) is 77.9 cm³/mol. The Bertz CT molecular complexity index is 448. The van der Waals surface area contributed by atoms with Gasteiger partial charge in [-0.2, -0.15) is 4.98 Å². The fraction of sp³-hybridized carbons (Fsp3) is 0.733. The maximum absolute atomic E-state index is 6.19. The van der Waals surface area contributed by atoms with E-state index in [0.717, 1.165) is 18.0 Å². The fourth-order valence-corrected chi connectivity index (χ4v) is 2.48. The minimum atomic E-state index is -0.122. The number of halogens is 1. The lowest BCUT2D eigenvalue weighted by atomic mass is 9.96. The van der Waals surface area contributed by atoms with Crippen molar-refractivity contribution < 1.29 is 4.74 Å². The highest BCUT2D eigenvalue weighted by molar-refractivity contribution is 6.30. The van der Waals surface area contributed by atoms with E-state index in [2.05, 4.69) is 30.7 Å². The van der Waals surface area contributed by atoms with E-state index in [4.69, 9.17) is 16.3 Å². The quantitative estimate of drug-likeness (QED) is 0.775. The van der Waals surface area contributed by atoms with Crippen LogP contribution in [0.1, 0.15) is 57.8 Å². The Morgan fingerprint density at radius 2 is 1.84 bits per heavy atom. The molecule has 1 aromatic heterocycles. The van der Waals surface area contributed by atoms with Crippen LogP contribution in [0.2, 0.25) is 5.15 Å². The van der Waals surface area contributed by atoms with Gasteiger partial charge >= 0.3 is 0 Å². The summed E-state index contributed by atoms with van der Waals surface area (Å²) in [5.41, 5.74) is 0.718. The van der Waals surface area contributed by atoms with Crippen molar-refractivity contribution >= 4 is 11.6 Å². The van der Waals surface area contributed by atoms with E-state index in [1.54, 1.807) is 0 Å². The summed E-state index contributed by atoms with van der Waals surface area (Å²) in [6.45, 7) is 8.90. The third-order valence-corrected chi connectivity index (χ3v) is 4.01. The molecule has 0 aromatic carbocycles. The molecule has 0 radical (unpaired) electrons. The minimum Gasteiger partial charge on any atom is -0.477 e. The number of rotatable bonds is 3. The van der Waals surface area contributed by atoms with Crippen molar-refractivity contribution in [2.24, 2.45) is 5.92 Å². The Balaban J connectivity index is 2.16. The molecule has 106 valence electrons. The van der Waals surface area contributed by atoms with E-state index in [0.29, 0.717) is 17.0 Å². The van der Waals surface area contributed by atoms with Crippen LogP contribution in [0.5, 0.6) is 5.88 Å². The molecular formula is C15H23ClN2O. The van der Waals surface area contributed by atoms with Crippen LogP contribution in [-0.4, -0.2) is 16.6 Å². The Kier molecular flexibility index (Phi) is 4.34. The summed E-state index contributed by atoms with van der Waals surface area (Å²) < 4.78 is 5.90. The summed E-state index contributed by atoms with van der Waals surface area (Å²) in [4.78, 5) is 8.91. The SMILES string of the molecule is Cc1c(Cl)nc(C(C)(C)C)nc1OCC1CCCC1. The molecule has 0 unspecified atom stereocenters. The summed E-state index contributed by atoms with van der Waals surface area (Å²) in [6.07, 6.45) is 5.18. The highest BCUT2D eigenvalue weighted by Gasteiger charge is 2.22. The molecule has 0 saturated heterocycles. The number of hydrogen-bond donors (Lipinski definition) is 0. The van der Waals surface area contributed by atoms with Gasteiger partial charge in [-0.25, -0.2) is 4.98 Å². The van der Waals surface area contributed by atoms with Crippen molar-refractivity contribution in [2.75, 3.05) is 6.61 Å². The Hall–Kier alpha value is -0.830. The van der Waals surface area contributed by atoms with Crippen LogP contribution in [-0.2, 0) is 5.41 Å². The van der Waals surface area contributed by atoms with E-state index >= 15 is 0 Å². The monoisotopic (exact) mass is 282 g/mol. The van der Waals surface area contributed by atoms with E-state index < -0.39 is 0 Å². The molecule has 19 heavy (non-hydrogen) atoms. The van der Waals surface area contributed by atoms with Crippen LogP contribution in [0.25, 0.3) is 0 Å². The van der Waals surface area contributed by atoms with Crippen LogP contribution in [0.15, 0.2) is 0 Å². The van der Waals surface area contributed by atoms with Gasteiger partial charge in [-0.1, -0.05) is 45.2 Å². The molecule has 1 aliphatic carbocycles. The third kappa shape index (κ3) is 3.59. The summed E-state index contributed by atoms with van der Waals surface area (Å²) in [5.74, 6) is 2.06. The molecule has 1 heterocycles. The van der Waals surface area contributed by atoms with Crippen molar-refractivity contribution in [1.29, 1.82) is 0 Å². The second kappa shape index (κ2) is 5.66. The molecule has 0 N–H and O–H groups in total. The predicted octanol–water partition coefficient (Wildman–Crippen LogP) is 4.30. The van der Waals surface area contributed by atoms with Gasteiger partial charge < -0.3 is 4.74 Å². The van der Waals surface area contributed by atoms with Gasteiger partial charge in [0.1, 0.15) is 11.0 Å². The van der Waals surface area contributed by atoms with E-state index in [1.165, 1.54) is 25.7 Å². The summed E-state index contributed by atoms with van der Waals surface area (Å²) in [7, 11) is 0. The molecule has 0 amide bonds. The van der Waals surface area contributed by atoms with Crippen molar-refractivity contribution in [1.82, 2.24) is 9.97 Å². The smallest absolute Gasteiger partial charge is 0.221 e. The largest absolute Gasteiger partial charge is 0.477 e. The molecule has 1 aromatic rings. The first-order chi connectivity index (χ1) is 8.88. The highest BCUT2D eigenvalue weighted by Crippen LogP contribution is 2.29. The third-order valence-electron chi connectivity index (χ3n) is 3.64. The number of hydrogen-bond acceptors (Lipinski definition) is 3. The average molecular weight is 283 g/mol. The second-order valence-electron chi connectivity index (χ2n) is 6.48. The molecule has 0 spiro atoms. The lowest BCUT2D eigenvalue weighted by Crippen LogP contribution is -2.18. The first kappa shape index (κ1) is 14.6. The van der Waals surface area contributed by atoms with Gasteiger partial charge in [0, 0.05) is 11.0 Å².